The van der Waals surface area contributed by atoms with Crippen LogP contribution in [0.25, 0.3) is 0 Å². The molecule has 1 aliphatic carbocycles. The Kier molecular flexibility index (Phi) is 5.69. The first-order chi connectivity index (χ1) is 10.4. The molecule has 3 unspecified atom stereocenters. The lowest BCUT2D eigenvalue weighted by Gasteiger charge is -2.33. The van der Waals surface area contributed by atoms with Gasteiger partial charge in [0.2, 0.25) is 0 Å². The summed E-state index contributed by atoms with van der Waals surface area (Å²) in [6.07, 6.45) is 16.7. The lowest BCUT2D eigenvalue weighted by Crippen LogP contribution is -2.47. The molecule has 2 aliphatic rings. The number of hydrogen-bond acceptors (Lipinski definition) is 3. The lowest BCUT2D eigenvalue weighted by molar-refractivity contribution is 0.257. The topological polar surface area (TPSA) is 41.9 Å². The van der Waals surface area contributed by atoms with Crippen molar-refractivity contribution in [2.24, 2.45) is 5.92 Å². The number of aromatic nitrogens is 2. The number of unbranched alkanes of at least 4 members (excludes halogenated alkanes) is 1. The number of aryl methyl sites for hydroxylation is 1. The smallest absolute Gasteiger partial charge is 0.0945 e. The summed E-state index contributed by atoms with van der Waals surface area (Å²) in [6, 6.07) is 1.54. The second-order valence-corrected chi connectivity index (χ2v) is 6.72. The van der Waals surface area contributed by atoms with Crippen molar-refractivity contribution in [3.8, 4) is 0 Å². The largest absolute Gasteiger partial charge is 0.337 e. The van der Waals surface area contributed by atoms with Gasteiger partial charge in [-0.1, -0.05) is 12.8 Å². The Bertz CT molecular complexity index is 384. The van der Waals surface area contributed by atoms with Gasteiger partial charge >= 0.3 is 0 Å². The number of nitrogens with zero attached hydrogens (tertiary/aromatic N) is 2. The molecule has 2 heterocycles. The van der Waals surface area contributed by atoms with Gasteiger partial charge in [-0.15, -0.1) is 0 Å². The molecule has 2 fully saturated rings. The lowest BCUT2D eigenvalue weighted by atomic mass is 9.88. The first kappa shape index (κ1) is 15.0. The molecule has 0 aromatic carbocycles. The zero-order valence-corrected chi connectivity index (χ0v) is 13.1. The molecule has 2 N–H and O–H groups in total. The van der Waals surface area contributed by atoms with Gasteiger partial charge in [0, 0.05) is 31.0 Å². The number of rotatable bonds is 7. The molecule has 4 nitrogen and oxygen atoms in total. The van der Waals surface area contributed by atoms with Gasteiger partial charge in [-0.2, -0.15) is 0 Å². The molecule has 1 saturated heterocycles. The van der Waals surface area contributed by atoms with Gasteiger partial charge in [-0.25, -0.2) is 4.98 Å². The Morgan fingerprint density at radius 3 is 2.95 bits per heavy atom. The molecule has 1 aromatic heterocycles. The molecule has 1 aliphatic heterocycles. The Morgan fingerprint density at radius 2 is 2.14 bits per heavy atom. The highest BCUT2D eigenvalue weighted by atomic mass is 15.0. The molecule has 0 spiro atoms. The zero-order chi connectivity index (χ0) is 14.3. The second kappa shape index (κ2) is 7.95. The van der Waals surface area contributed by atoms with E-state index in [4.69, 9.17) is 0 Å². The maximum atomic E-state index is 4.09. The Labute approximate surface area is 128 Å². The van der Waals surface area contributed by atoms with Gasteiger partial charge in [0.05, 0.1) is 6.33 Å². The van der Waals surface area contributed by atoms with E-state index in [2.05, 4.69) is 26.4 Å². The predicted molar refractivity (Wildman–Crippen MR) is 86.2 cm³/mol. The third-order valence-corrected chi connectivity index (χ3v) is 5.24. The van der Waals surface area contributed by atoms with E-state index in [0.29, 0.717) is 0 Å². The van der Waals surface area contributed by atoms with Crippen molar-refractivity contribution in [1.29, 1.82) is 0 Å². The minimum absolute atomic E-state index is 0.758. The average molecular weight is 290 g/mol. The van der Waals surface area contributed by atoms with Gasteiger partial charge in [0.1, 0.15) is 0 Å². The standard InChI is InChI=1S/C17H30N4/c1-2-9-19-16(7-1)15-6-5-8-17(15)20-10-3-4-12-21-13-11-18-14-21/h11,13-17,19-20H,1-10,12H2. The van der Waals surface area contributed by atoms with Gasteiger partial charge in [-0.3, -0.25) is 0 Å². The molecule has 0 radical (unpaired) electrons. The molecular formula is C17H30N4. The molecule has 0 bridgehead atoms. The van der Waals surface area contributed by atoms with E-state index >= 15 is 0 Å². The molecule has 3 rings (SSSR count). The van der Waals surface area contributed by atoms with Crippen molar-refractivity contribution in [3.05, 3.63) is 18.7 Å². The predicted octanol–water partition coefficient (Wildman–Crippen LogP) is 2.56. The summed E-state index contributed by atoms with van der Waals surface area (Å²) in [5.41, 5.74) is 0. The van der Waals surface area contributed by atoms with E-state index in [9.17, 15) is 0 Å². The van der Waals surface area contributed by atoms with Crippen LogP contribution in [0.4, 0.5) is 0 Å². The fourth-order valence-electron chi connectivity index (χ4n) is 4.09. The summed E-state index contributed by atoms with van der Waals surface area (Å²) in [7, 11) is 0. The summed E-state index contributed by atoms with van der Waals surface area (Å²) < 4.78 is 2.17. The molecule has 3 atom stereocenters. The Hall–Kier alpha value is -0.870. The molecule has 1 aromatic rings. The normalized spacial score (nSPS) is 29.8. The maximum absolute atomic E-state index is 4.09. The van der Waals surface area contributed by atoms with Crippen LogP contribution in [0.2, 0.25) is 0 Å². The third-order valence-electron chi connectivity index (χ3n) is 5.24. The van der Waals surface area contributed by atoms with Crippen LogP contribution < -0.4 is 10.6 Å². The fraction of sp³-hybridized carbons (Fsp3) is 0.824. The van der Waals surface area contributed by atoms with Gasteiger partial charge < -0.3 is 15.2 Å². The van der Waals surface area contributed by atoms with Crippen LogP contribution in [0.3, 0.4) is 0 Å². The quantitative estimate of drug-likeness (QED) is 0.758. The summed E-state index contributed by atoms with van der Waals surface area (Å²) in [5, 5.41) is 7.61. The third kappa shape index (κ3) is 4.30. The molecule has 0 amide bonds. The van der Waals surface area contributed by atoms with Gasteiger partial charge in [0.25, 0.3) is 0 Å². The van der Waals surface area contributed by atoms with Crippen molar-refractivity contribution in [1.82, 2.24) is 20.2 Å². The minimum Gasteiger partial charge on any atom is -0.337 e. The van der Waals surface area contributed by atoms with Crippen LogP contribution in [0.15, 0.2) is 18.7 Å². The molecular weight excluding hydrogens is 260 g/mol. The Morgan fingerprint density at radius 1 is 1.14 bits per heavy atom. The second-order valence-electron chi connectivity index (χ2n) is 6.72. The van der Waals surface area contributed by atoms with Crippen LogP contribution in [0, 0.1) is 5.92 Å². The number of imidazole rings is 1. The van der Waals surface area contributed by atoms with E-state index in [-0.39, 0.29) is 0 Å². The van der Waals surface area contributed by atoms with Gasteiger partial charge in [-0.05, 0) is 57.5 Å². The number of hydrogen-bond donors (Lipinski definition) is 2. The summed E-state index contributed by atoms with van der Waals surface area (Å²) in [4.78, 5) is 4.09. The first-order valence-electron chi connectivity index (χ1n) is 8.86. The first-order valence-corrected chi connectivity index (χ1v) is 8.86. The summed E-state index contributed by atoms with van der Waals surface area (Å²) in [6.45, 7) is 3.50. The number of piperidine rings is 1. The van der Waals surface area contributed by atoms with Crippen molar-refractivity contribution in [3.63, 3.8) is 0 Å². The van der Waals surface area contributed by atoms with Crippen LogP contribution in [-0.4, -0.2) is 34.7 Å². The van der Waals surface area contributed by atoms with E-state index in [1.54, 1.807) is 0 Å². The van der Waals surface area contributed by atoms with Crippen molar-refractivity contribution in [2.45, 2.75) is 70.0 Å². The van der Waals surface area contributed by atoms with Crippen LogP contribution >= 0.6 is 0 Å². The molecule has 118 valence electrons. The maximum Gasteiger partial charge on any atom is 0.0945 e. The highest BCUT2D eigenvalue weighted by molar-refractivity contribution is 4.92. The molecule has 4 heteroatoms. The highest BCUT2D eigenvalue weighted by Crippen LogP contribution is 2.31. The minimum atomic E-state index is 0.758. The highest BCUT2D eigenvalue weighted by Gasteiger charge is 2.33. The van der Waals surface area contributed by atoms with Gasteiger partial charge in [0.15, 0.2) is 0 Å². The van der Waals surface area contributed by atoms with Crippen molar-refractivity contribution in [2.75, 3.05) is 13.1 Å². The van der Waals surface area contributed by atoms with E-state index in [0.717, 1.165) is 24.5 Å². The summed E-state index contributed by atoms with van der Waals surface area (Å²) >= 11 is 0. The van der Waals surface area contributed by atoms with Crippen molar-refractivity contribution >= 4 is 0 Å². The monoisotopic (exact) mass is 290 g/mol. The Balaban J connectivity index is 1.34. The van der Waals surface area contributed by atoms with Crippen LogP contribution in [0.1, 0.15) is 51.4 Å². The average Bonchev–Trinajstić information content (AvgIpc) is 3.19. The summed E-state index contributed by atoms with van der Waals surface area (Å²) in [5.74, 6) is 0.874. The van der Waals surface area contributed by atoms with Crippen LogP contribution in [0.5, 0.6) is 0 Å². The number of nitrogens with one attached hydrogen (secondary N) is 2. The van der Waals surface area contributed by atoms with E-state index < -0.39 is 0 Å². The van der Waals surface area contributed by atoms with E-state index in [1.165, 1.54) is 64.5 Å². The fourth-order valence-corrected chi connectivity index (χ4v) is 4.09. The molecule has 1 saturated carbocycles. The molecule has 21 heavy (non-hydrogen) atoms. The van der Waals surface area contributed by atoms with E-state index in [1.807, 2.05) is 12.5 Å². The zero-order valence-electron chi connectivity index (χ0n) is 13.1. The SMILES string of the molecule is c1cn(CCCCNC2CCCC2C2CCCCN2)cn1. The van der Waals surface area contributed by atoms with Crippen LogP contribution in [-0.2, 0) is 6.54 Å². The van der Waals surface area contributed by atoms with Crippen molar-refractivity contribution < 1.29 is 0 Å².